The molecule has 0 aliphatic carbocycles. The normalized spacial score (nSPS) is 10.6. The van der Waals surface area contributed by atoms with Crippen LogP contribution in [-0.2, 0) is 17.6 Å². The topological polar surface area (TPSA) is 51.2 Å². The molecule has 0 atom stereocenters. The van der Waals surface area contributed by atoms with Crippen LogP contribution in [0.2, 0.25) is 0 Å². The first-order chi connectivity index (χ1) is 13.7. The summed E-state index contributed by atoms with van der Waals surface area (Å²) in [6.45, 7) is 4.76. The van der Waals surface area contributed by atoms with Crippen LogP contribution in [0.15, 0.2) is 53.9 Å². The quantitative estimate of drug-likeness (QED) is 0.504. The zero-order valence-corrected chi connectivity index (χ0v) is 17.2. The average molecular weight is 395 g/mol. The van der Waals surface area contributed by atoms with Gasteiger partial charge in [-0.25, -0.2) is 4.98 Å². The number of carbonyl (C=O) groups is 1. The lowest BCUT2D eigenvalue weighted by molar-refractivity contribution is -0.115. The molecular weight excluding hydrogens is 368 g/mol. The predicted octanol–water partition coefficient (Wildman–Crippen LogP) is 5.73. The number of nitrogens with zero attached hydrogens (tertiary/aromatic N) is 1. The first-order valence-electron chi connectivity index (χ1n) is 9.75. The molecule has 28 heavy (non-hydrogen) atoms. The van der Waals surface area contributed by atoms with E-state index in [4.69, 9.17) is 4.74 Å². The summed E-state index contributed by atoms with van der Waals surface area (Å²) in [5.41, 5.74) is 3.85. The van der Waals surface area contributed by atoms with E-state index in [1.165, 1.54) is 29.7 Å². The highest BCUT2D eigenvalue weighted by atomic mass is 32.1. The lowest BCUT2D eigenvalue weighted by Gasteiger charge is -2.07. The van der Waals surface area contributed by atoms with Gasteiger partial charge in [0.15, 0.2) is 0 Å². The molecule has 146 valence electrons. The van der Waals surface area contributed by atoms with E-state index < -0.39 is 0 Å². The molecule has 1 amide bonds. The number of ether oxygens (including phenoxy) is 1. The Bertz CT molecular complexity index is 903. The lowest BCUT2D eigenvalue weighted by atomic mass is 10.1. The van der Waals surface area contributed by atoms with Gasteiger partial charge in [0.1, 0.15) is 10.8 Å². The van der Waals surface area contributed by atoms with Crippen LogP contribution < -0.4 is 10.1 Å². The van der Waals surface area contributed by atoms with Crippen molar-refractivity contribution in [3.63, 3.8) is 0 Å². The number of amides is 1. The standard InChI is InChI=1S/C23H26N2O2S/c1-3-5-8-17-11-13-18(14-12-17)24-22(26)15-19-16-28-23(25-19)20-9-6-7-10-21(20)27-4-2/h6-7,9-14,16H,3-5,8,15H2,1-2H3,(H,24,26). The smallest absolute Gasteiger partial charge is 0.230 e. The van der Waals surface area contributed by atoms with Gasteiger partial charge >= 0.3 is 0 Å². The van der Waals surface area contributed by atoms with E-state index in [1.54, 1.807) is 0 Å². The van der Waals surface area contributed by atoms with Crippen molar-refractivity contribution in [2.24, 2.45) is 0 Å². The fraction of sp³-hybridized carbons (Fsp3) is 0.304. The van der Waals surface area contributed by atoms with Crippen LogP contribution in [0, 0.1) is 0 Å². The van der Waals surface area contributed by atoms with Crippen molar-refractivity contribution in [2.75, 3.05) is 11.9 Å². The van der Waals surface area contributed by atoms with Crippen molar-refractivity contribution < 1.29 is 9.53 Å². The van der Waals surface area contributed by atoms with Crippen LogP contribution in [0.1, 0.15) is 37.9 Å². The van der Waals surface area contributed by atoms with Gasteiger partial charge in [0.2, 0.25) is 5.91 Å². The Labute approximate surface area is 170 Å². The number of unbranched alkanes of at least 4 members (excludes halogenated alkanes) is 1. The molecule has 0 aliphatic rings. The maximum absolute atomic E-state index is 12.4. The maximum atomic E-state index is 12.4. The van der Waals surface area contributed by atoms with E-state index in [2.05, 4.69) is 29.4 Å². The Hall–Kier alpha value is -2.66. The third kappa shape index (κ3) is 5.42. The highest BCUT2D eigenvalue weighted by molar-refractivity contribution is 7.13. The number of para-hydroxylation sites is 1. The molecule has 1 aromatic heterocycles. The van der Waals surface area contributed by atoms with Crippen LogP contribution >= 0.6 is 11.3 Å². The van der Waals surface area contributed by atoms with E-state index in [1.807, 2.05) is 48.7 Å². The van der Waals surface area contributed by atoms with Crippen molar-refractivity contribution in [3.05, 3.63) is 65.2 Å². The number of hydrogen-bond acceptors (Lipinski definition) is 4. The number of carbonyl (C=O) groups excluding carboxylic acids is 1. The minimum Gasteiger partial charge on any atom is -0.493 e. The molecule has 0 fully saturated rings. The molecule has 5 heteroatoms. The number of thiazole rings is 1. The second-order valence-electron chi connectivity index (χ2n) is 6.60. The molecule has 0 spiro atoms. The summed E-state index contributed by atoms with van der Waals surface area (Å²) in [6, 6.07) is 15.9. The summed E-state index contributed by atoms with van der Waals surface area (Å²) in [5, 5.41) is 5.76. The van der Waals surface area contributed by atoms with E-state index in [9.17, 15) is 4.79 Å². The first-order valence-corrected chi connectivity index (χ1v) is 10.6. The van der Waals surface area contributed by atoms with Crippen LogP contribution in [-0.4, -0.2) is 17.5 Å². The molecule has 1 heterocycles. The first kappa shape index (κ1) is 20.1. The van der Waals surface area contributed by atoms with Gasteiger partial charge in [0.05, 0.1) is 24.3 Å². The predicted molar refractivity (Wildman–Crippen MR) is 116 cm³/mol. The molecule has 4 nitrogen and oxygen atoms in total. The summed E-state index contributed by atoms with van der Waals surface area (Å²) >= 11 is 1.53. The molecule has 0 saturated carbocycles. The Morgan fingerprint density at radius 1 is 1.11 bits per heavy atom. The average Bonchev–Trinajstić information content (AvgIpc) is 3.16. The van der Waals surface area contributed by atoms with Gasteiger partial charge in [-0.2, -0.15) is 0 Å². The third-order valence-corrected chi connectivity index (χ3v) is 5.29. The van der Waals surface area contributed by atoms with Gasteiger partial charge in [-0.3, -0.25) is 4.79 Å². The Morgan fingerprint density at radius 3 is 2.64 bits per heavy atom. The molecular formula is C23H26N2O2S. The SMILES string of the molecule is CCCCc1ccc(NC(=O)Cc2csc(-c3ccccc3OCC)n2)cc1. The summed E-state index contributed by atoms with van der Waals surface area (Å²) in [5.74, 6) is 0.759. The van der Waals surface area contributed by atoms with Crippen LogP contribution in [0.5, 0.6) is 5.75 Å². The Balaban J connectivity index is 1.61. The number of rotatable bonds is 9. The second kappa shape index (κ2) is 10.0. The van der Waals surface area contributed by atoms with E-state index >= 15 is 0 Å². The Morgan fingerprint density at radius 2 is 1.89 bits per heavy atom. The number of anilines is 1. The van der Waals surface area contributed by atoms with Crippen molar-refractivity contribution in [2.45, 2.75) is 39.5 Å². The molecule has 2 aromatic carbocycles. The van der Waals surface area contributed by atoms with Crippen LogP contribution in [0.4, 0.5) is 5.69 Å². The molecule has 0 saturated heterocycles. The highest BCUT2D eigenvalue weighted by Crippen LogP contribution is 2.32. The third-order valence-electron chi connectivity index (χ3n) is 4.37. The minimum atomic E-state index is -0.0590. The van der Waals surface area contributed by atoms with Gasteiger partial charge in [0.25, 0.3) is 0 Å². The van der Waals surface area contributed by atoms with Gasteiger partial charge in [0, 0.05) is 11.1 Å². The molecule has 0 unspecified atom stereocenters. The minimum absolute atomic E-state index is 0.0590. The number of hydrogen-bond donors (Lipinski definition) is 1. The number of aromatic nitrogens is 1. The summed E-state index contributed by atoms with van der Waals surface area (Å²) < 4.78 is 5.68. The zero-order valence-electron chi connectivity index (χ0n) is 16.4. The second-order valence-corrected chi connectivity index (χ2v) is 7.46. The number of nitrogens with one attached hydrogen (secondary N) is 1. The largest absolute Gasteiger partial charge is 0.493 e. The number of aryl methyl sites for hydroxylation is 1. The fourth-order valence-corrected chi connectivity index (χ4v) is 3.79. The molecule has 1 N–H and O–H groups in total. The zero-order chi connectivity index (χ0) is 19.8. The van der Waals surface area contributed by atoms with E-state index in [-0.39, 0.29) is 12.3 Å². The molecule has 0 radical (unpaired) electrons. The molecule has 3 rings (SSSR count). The number of benzene rings is 2. The van der Waals surface area contributed by atoms with E-state index in [0.29, 0.717) is 6.61 Å². The summed E-state index contributed by atoms with van der Waals surface area (Å²) in [4.78, 5) is 17.0. The van der Waals surface area contributed by atoms with Crippen molar-refractivity contribution in [3.8, 4) is 16.3 Å². The highest BCUT2D eigenvalue weighted by Gasteiger charge is 2.12. The maximum Gasteiger partial charge on any atom is 0.230 e. The van der Waals surface area contributed by atoms with Gasteiger partial charge in [-0.15, -0.1) is 11.3 Å². The van der Waals surface area contributed by atoms with Crippen LogP contribution in [0.25, 0.3) is 10.6 Å². The van der Waals surface area contributed by atoms with Crippen molar-refractivity contribution >= 4 is 22.9 Å². The van der Waals surface area contributed by atoms with E-state index in [0.717, 1.165) is 34.1 Å². The van der Waals surface area contributed by atoms with Gasteiger partial charge in [-0.1, -0.05) is 37.6 Å². The monoisotopic (exact) mass is 394 g/mol. The van der Waals surface area contributed by atoms with Crippen LogP contribution in [0.3, 0.4) is 0 Å². The molecule has 0 bridgehead atoms. The van der Waals surface area contributed by atoms with Crippen molar-refractivity contribution in [1.29, 1.82) is 0 Å². The molecule has 0 aliphatic heterocycles. The molecule has 3 aromatic rings. The lowest BCUT2D eigenvalue weighted by Crippen LogP contribution is -2.14. The fourth-order valence-electron chi connectivity index (χ4n) is 2.94. The summed E-state index contributed by atoms with van der Waals surface area (Å²) in [7, 11) is 0. The van der Waals surface area contributed by atoms with Crippen molar-refractivity contribution in [1.82, 2.24) is 4.98 Å². The van der Waals surface area contributed by atoms with Gasteiger partial charge in [-0.05, 0) is 49.6 Å². The Kier molecular flexibility index (Phi) is 7.20. The van der Waals surface area contributed by atoms with Gasteiger partial charge < -0.3 is 10.1 Å². The summed E-state index contributed by atoms with van der Waals surface area (Å²) in [6.07, 6.45) is 3.70.